The number of hydrogen-bond acceptors (Lipinski definition) is 6. The van der Waals surface area contributed by atoms with E-state index in [1.165, 1.54) is 6.26 Å². The van der Waals surface area contributed by atoms with Gasteiger partial charge in [-0.15, -0.1) is 0 Å². The zero-order valence-electron chi connectivity index (χ0n) is 14.6. The molecule has 0 amide bonds. The predicted octanol–water partition coefficient (Wildman–Crippen LogP) is 2.10. The molecule has 0 aromatic rings. The third kappa shape index (κ3) is 3.11. The minimum absolute atomic E-state index is 0.0899. The first kappa shape index (κ1) is 17.7. The molecular formula is C19H24O6. The standard InChI is InChI=1S/C19H24O6/c1-11(2)17(21)24-9-13-8-23-5-4-19(10-20)7-16-14(6-15(13)19)12(3)18(22)25-16/h4-5,8,11,14-16,20H,3,6-7,9-10H2,1-2H3/t14-,15+,16+,19+/m1/s1. The zero-order chi connectivity index (χ0) is 18.2. The Balaban J connectivity index is 1.86. The lowest BCUT2D eigenvalue weighted by atomic mass is 9.60. The van der Waals surface area contributed by atoms with E-state index in [0.29, 0.717) is 18.4 Å². The maximum Gasteiger partial charge on any atom is 0.334 e. The first-order chi connectivity index (χ1) is 11.9. The molecule has 2 fully saturated rings. The Morgan fingerprint density at radius 2 is 2.28 bits per heavy atom. The van der Waals surface area contributed by atoms with Gasteiger partial charge in [-0.2, -0.15) is 0 Å². The average Bonchev–Trinajstić information content (AvgIpc) is 2.76. The van der Waals surface area contributed by atoms with Crippen LogP contribution in [0.15, 0.2) is 36.3 Å². The molecule has 0 spiro atoms. The number of fused-ring (bicyclic) bond motifs is 2. The molecule has 1 N–H and O–H groups in total. The lowest BCUT2D eigenvalue weighted by molar-refractivity contribution is -0.147. The molecule has 3 rings (SSSR count). The van der Waals surface area contributed by atoms with E-state index in [4.69, 9.17) is 14.2 Å². The van der Waals surface area contributed by atoms with Gasteiger partial charge in [0, 0.05) is 22.5 Å². The van der Waals surface area contributed by atoms with E-state index in [1.54, 1.807) is 20.1 Å². The molecule has 3 aliphatic rings. The second-order valence-corrected chi connectivity index (χ2v) is 7.35. The SMILES string of the molecule is C=C1C(=O)O[C@H]2C[C@]3(CO)C=COC=C(COC(=O)C(C)C)[C@@H]3C[C@H]12. The molecule has 0 aromatic heterocycles. The van der Waals surface area contributed by atoms with Crippen LogP contribution in [0, 0.1) is 23.2 Å². The van der Waals surface area contributed by atoms with Crippen molar-refractivity contribution in [2.75, 3.05) is 13.2 Å². The highest BCUT2D eigenvalue weighted by Crippen LogP contribution is 2.53. The fourth-order valence-electron chi connectivity index (χ4n) is 3.93. The number of esters is 2. The van der Waals surface area contributed by atoms with Gasteiger partial charge in [0.25, 0.3) is 0 Å². The van der Waals surface area contributed by atoms with Crippen LogP contribution in [0.5, 0.6) is 0 Å². The average molecular weight is 348 g/mol. The van der Waals surface area contributed by atoms with Gasteiger partial charge < -0.3 is 19.3 Å². The summed E-state index contributed by atoms with van der Waals surface area (Å²) in [6.45, 7) is 7.40. The second-order valence-electron chi connectivity index (χ2n) is 7.35. The van der Waals surface area contributed by atoms with E-state index in [0.717, 1.165) is 5.57 Å². The third-order valence-electron chi connectivity index (χ3n) is 5.47. The number of carbonyl (C=O) groups is 2. The van der Waals surface area contributed by atoms with Crippen LogP contribution in [-0.2, 0) is 23.8 Å². The minimum Gasteiger partial charge on any atom is -0.473 e. The number of hydrogen-bond donors (Lipinski definition) is 1. The summed E-state index contributed by atoms with van der Waals surface area (Å²) in [7, 11) is 0. The van der Waals surface area contributed by atoms with Crippen molar-refractivity contribution >= 4 is 11.9 Å². The molecular weight excluding hydrogens is 324 g/mol. The molecule has 136 valence electrons. The van der Waals surface area contributed by atoms with Crippen molar-refractivity contribution in [3.05, 3.63) is 36.3 Å². The molecule has 0 unspecified atom stereocenters. The largest absolute Gasteiger partial charge is 0.473 e. The summed E-state index contributed by atoms with van der Waals surface area (Å²) in [6, 6.07) is 0. The quantitative estimate of drug-likeness (QED) is 0.619. The van der Waals surface area contributed by atoms with Gasteiger partial charge in [0.05, 0.1) is 25.0 Å². The Kier molecular flexibility index (Phi) is 4.73. The Hall–Kier alpha value is -2.08. The molecule has 6 nitrogen and oxygen atoms in total. The van der Waals surface area contributed by atoms with Crippen LogP contribution < -0.4 is 0 Å². The lowest BCUT2D eigenvalue weighted by Crippen LogP contribution is -2.45. The van der Waals surface area contributed by atoms with E-state index < -0.39 is 5.41 Å². The fourth-order valence-corrected chi connectivity index (χ4v) is 3.93. The number of aliphatic hydroxyl groups excluding tert-OH is 1. The van der Waals surface area contributed by atoms with Crippen LogP contribution in [0.1, 0.15) is 26.7 Å². The first-order valence-electron chi connectivity index (χ1n) is 8.57. The van der Waals surface area contributed by atoms with Gasteiger partial charge in [0.2, 0.25) is 0 Å². The Morgan fingerprint density at radius 3 is 2.96 bits per heavy atom. The monoisotopic (exact) mass is 348 g/mol. The highest BCUT2D eigenvalue weighted by atomic mass is 16.6. The third-order valence-corrected chi connectivity index (χ3v) is 5.47. The smallest absolute Gasteiger partial charge is 0.334 e. The van der Waals surface area contributed by atoms with Gasteiger partial charge >= 0.3 is 11.9 Å². The fraction of sp³-hybridized carbons (Fsp3) is 0.579. The maximum absolute atomic E-state index is 11.9. The van der Waals surface area contributed by atoms with E-state index >= 15 is 0 Å². The summed E-state index contributed by atoms with van der Waals surface area (Å²) >= 11 is 0. The van der Waals surface area contributed by atoms with Crippen molar-refractivity contribution in [1.82, 2.24) is 0 Å². The Labute approximate surface area is 147 Å². The van der Waals surface area contributed by atoms with Crippen LogP contribution in [0.2, 0.25) is 0 Å². The van der Waals surface area contributed by atoms with Crippen LogP contribution in [0.4, 0.5) is 0 Å². The van der Waals surface area contributed by atoms with Gasteiger partial charge in [0.1, 0.15) is 12.7 Å². The van der Waals surface area contributed by atoms with Crippen molar-refractivity contribution in [3.8, 4) is 0 Å². The highest BCUT2D eigenvalue weighted by molar-refractivity contribution is 5.90. The summed E-state index contributed by atoms with van der Waals surface area (Å²) in [4.78, 5) is 23.7. The van der Waals surface area contributed by atoms with Gasteiger partial charge in [-0.25, -0.2) is 4.79 Å². The second kappa shape index (κ2) is 6.67. The molecule has 0 aromatic carbocycles. The van der Waals surface area contributed by atoms with Gasteiger partial charge in [-0.05, 0) is 24.8 Å². The molecule has 1 saturated heterocycles. The lowest BCUT2D eigenvalue weighted by Gasteiger charge is -2.45. The van der Waals surface area contributed by atoms with Gasteiger partial charge in [-0.1, -0.05) is 20.4 Å². The van der Waals surface area contributed by atoms with Crippen molar-refractivity contribution < 1.29 is 28.9 Å². The normalized spacial score (nSPS) is 33.8. The number of rotatable bonds is 4. The summed E-state index contributed by atoms with van der Waals surface area (Å²) in [6.07, 6.45) is 5.73. The van der Waals surface area contributed by atoms with Crippen LogP contribution in [-0.4, -0.2) is 36.4 Å². The van der Waals surface area contributed by atoms with E-state index in [2.05, 4.69) is 6.58 Å². The molecule has 0 radical (unpaired) electrons. The number of carbonyl (C=O) groups excluding carboxylic acids is 2. The van der Waals surface area contributed by atoms with Gasteiger partial charge in [-0.3, -0.25) is 4.79 Å². The molecule has 6 heteroatoms. The molecule has 4 atom stereocenters. The number of ether oxygens (including phenoxy) is 3. The summed E-state index contributed by atoms with van der Waals surface area (Å²) in [5, 5.41) is 10.1. The molecule has 25 heavy (non-hydrogen) atoms. The van der Waals surface area contributed by atoms with Crippen LogP contribution in [0.25, 0.3) is 0 Å². The Bertz CT molecular complexity index is 646. The van der Waals surface area contributed by atoms with Crippen molar-refractivity contribution in [2.24, 2.45) is 23.2 Å². The summed E-state index contributed by atoms with van der Waals surface area (Å²) in [5.41, 5.74) is 0.654. The van der Waals surface area contributed by atoms with Crippen molar-refractivity contribution in [3.63, 3.8) is 0 Å². The zero-order valence-corrected chi connectivity index (χ0v) is 14.6. The maximum atomic E-state index is 11.9. The Morgan fingerprint density at radius 1 is 1.52 bits per heavy atom. The van der Waals surface area contributed by atoms with E-state index in [-0.39, 0.29) is 49.0 Å². The van der Waals surface area contributed by atoms with E-state index in [1.807, 2.05) is 6.08 Å². The number of aliphatic hydroxyl groups is 1. The predicted molar refractivity (Wildman–Crippen MR) is 88.9 cm³/mol. The molecule has 1 saturated carbocycles. The molecule has 0 bridgehead atoms. The van der Waals surface area contributed by atoms with Crippen molar-refractivity contribution in [2.45, 2.75) is 32.8 Å². The van der Waals surface area contributed by atoms with Crippen LogP contribution >= 0.6 is 0 Å². The topological polar surface area (TPSA) is 82.1 Å². The summed E-state index contributed by atoms with van der Waals surface area (Å²) < 4.78 is 16.2. The molecule has 2 heterocycles. The summed E-state index contributed by atoms with van der Waals surface area (Å²) in [5.74, 6) is -1.08. The molecule has 1 aliphatic carbocycles. The molecule has 2 aliphatic heterocycles. The van der Waals surface area contributed by atoms with E-state index in [9.17, 15) is 14.7 Å². The minimum atomic E-state index is -0.612. The van der Waals surface area contributed by atoms with Crippen LogP contribution in [0.3, 0.4) is 0 Å². The highest BCUT2D eigenvalue weighted by Gasteiger charge is 2.53. The van der Waals surface area contributed by atoms with Gasteiger partial charge in [0.15, 0.2) is 0 Å². The van der Waals surface area contributed by atoms with Crippen molar-refractivity contribution in [1.29, 1.82) is 0 Å². The first-order valence-corrected chi connectivity index (χ1v) is 8.57.